The fourth-order valence-electron chi connectivity index (χ4n) is 1.84. The Morgan fingerprint density at radius 3 is 2.32 bits per heavy atom. The number of hydrogen-bond donors (Lipinski definition) is 0. The summed E-state index contributed by atoms with van der Waals surface area (Å²) in [4.78, 5) is 20.7. The third kappa shape index (κ3) is 3.97. The number of hydrogen-bond acceptors (Lipinski definition) is 5. The van der Waals surface area contributed by atoms with E-state index in [2.05, 4.69) is 0 Å². The van der Waals surface area contributed by atoms with E-state index in [1.807, 2.05) is 0 Å². The highest BCUT2D eigenvalue weighted by molar-refractivity contribution is 6.32. The number of carbonyl (C=O) groups excluding carboxylic acids is 1. The summed E-state index contributed by atoms with van der Waals surface area (Å²) >= 11 is 5.57. The molecule has 25 heavy (non-hydrogen) atoms. The number of nitro benzene ring substituents is 1. The fraction of sp³-hybridized carbons (Fsp3) is 0.0714. The molecule has 2 rings (SSSR count). The van der Waals surface area contributed by atoms with Crippen molar-refractivity contribution in [2.24, 2.45) is 0 Å². The number of alkyl halides is 3. The van der Waals surface area contributed by atoms with E-state index in [4.69, 9.17) is 16.3 Å². The second-order valence-corrected chi connectivity index (χ2v) is 5.00. The first kappa shape index (κ1) is 18.5. The van der Waals surface area contributed by atoms with Crippen molar-refractivity contribution in [2.45, 2.75) is 6.18 Å². The van der Waals surface area contributed by atoms with Crippen molar-refractivity contribution < 1.29 is 37.1 Å². The summed E-state index contributed by atoms with van der Waals surface area (Å²) in [7, 11) is 0. The lowest BCUT2D eigenvalue weighted by molar-refractivity contribution is -0.385. The molecule has 0 heterocycles. The van der Waals surface area contributed by atoms with Gasteiger partial charge in [0.25, 0.3) is 5.69 Å². The van der Waals surface area contributed by atoms with Crippen molar-refractivity contribution in [1.82, 2.24) is 0 Å². The summed E-state index contributed by atoms with van der Waals surface area (Å²) in [6.07, 6.45) is -4.83. The Balaban J connectivity index is 2.45. The molecule has 132 valence electrons. The van der Waals surface area contributed by atoms with Crippen molar-refractivity contribution in [1.29, 1.82) is 0 Å². The van der Waals surface area contributed by atoms with E-state index >= 15 is 0 Å². The van der Waals surface area contributed by atoms with Crippen molar-refractivity contribution in [3.63, 3.8) is 0 Å². The van der Waals surface area contributed by atoms with Crippen LogP contribution in [-0.4, -0.2) is 10.9 Å². The number of carbonyl (C=O) groups is 1. The van der Waals surface area contributed by atoms with E-state index in [9.17, 15) is 37.6 Å². The molecule has 0 aliphatic heterocycles. The van der Waals surface area contributed by atoms with Crippen LogP contribution in [0.4, 0.5) is 23.2 Å². The van der Waals surface area contributed by atoms with Gasteiger partial charge in [-0.05, 0) is 24.3 Å². The maximum Gasteiger partial charge on any atom is 0.416 e. The number of carboxylic acids is 1. The van der Waals surface area contributed by atoms with E-state index in [0.29, 0.717) is 12.1 Å². The lowest BCUT2D eigenvalue weighted by Crippen LogP contribution is -2.23. The van der Waals surface area contributed by atoms with Gasteiger partial charge in [0.05, 0.1) is 27.0 Å². The Bertz CT molecular complexity index is 846. The number of benzene rings is 2. The monoisotopic (exact) mass is 378 g/mol. The molecular weight excluding hydrogens is 374 g/mol. The number of nitro groups is 1. The number of ether oxygens (including phenoxy) is 1. The predicted octanol–water partition coefficient (Wildman–Crippen LogP) is 3.56. The van der Waals surface area contributed by atoms with Gasteiger partial charge in [0, 0.05) is 6.07 Å². The second kappa shape index (κ2) is 6.55. The van der Waals surface area contributed by atoms with Gasteiger partial charge < -0.3 is 14.6 Å². The molecule has 0 spiro atoms. The van der Waals surface area contributed by atoms with Gasteiger partial charge in [-0.3, -0.25) is 10.1 Å². The van der Waals surface area contributed by atoms with Crippen LogP contribution in [0.1, 0.15) is 15.9 Å². The molecule has 0 aromatic heterocycles. The summed E-state index contributed by atoms with van der Waals surface area (Å²) < 4.78 is 56.5. The molecule has 0 saturated heterocycles. The molecule has 0 atom stereocenters. The maximum absolute atomic E-state index is 13.8. The molecule has 0 radical (unpaired) electrons. The van der Waals surface area contributed by atoms with Crippen molar-refractivity contribution in [3.8, 4) is 11.5 Å². The molecule has 0 aliphatic carbocycles. The SMILES string of the molecule is O=C([O-])c1cc(Oc2c(F)cc(C(F)(F)F)cc2Cl)ccc1[N+](=O)[O-]. The van der Waals surface area contributed by atoms with Gasteiger partial charge in [0.1, 0.15) is 5.75 Å². The first-order chi connectivity index (χ1) is 11.5. The molecule has 0 unspecified atom stereocenters. The summed E-state index contributed by atoms with van der Waals surface area (Å²) in [5.74, 6) is -4.54. The molecule has 0 bridgehead atoms. The van der Waals surface area contributed by atoms with Crippen molar-refractivity contribution in [2.75, 3.05) is 0 Å². The molecule has 2 aromatic carbocycles. The molecule has 6 nitrogen and oxygen atoms in total. The van der Waals surface area contributed by atoms with Gasteiger partial charge in [0.2, 0.25) is 0 Å². The van der Waals surface area contributed by atoms with Gasteiger partial charge >= 0.3 is 6.18 Å². The van der Waals surface area contributed by atoms with E-state index in [1.54, 1.807) is 0 Å². The van der Waals surface area contributed by atoms with Crippen LogP contribution in [0.5, 0.6) is 11.5 Å². The molecule has 0 N–H and O–H groups in total. The molecular formula is C14H5ClF4NO5-. The molecule has 0 fully saturated rings. The van der Waals surface area contributed by atoms with Crippen LogP contribution in [0.25, 0.3) is 0 Å². The van der Waals surface area contributed by atoms with Gasteiger partial charge in [-0.25, -0.2) is 4.39 Å². The van der Waals surface area contributed by atoms with Gasteiger partial charge in [-0.2, -0.15) is 13.2 Å². The Labute approximate surface area is 141 Å². The number of aromatic carboxylic acids is 1. The summed E-state index contributed by atoms with van der Waals surface area (Å²) in [6, 6.07) is 2.92. The predicted molar refractivity (Wildman–Crippen MR) is 73.9 cm³/mol. The van der Waals surface area contributed by atoms with Crippen LogP contribution in [0.2, 0.25) is 5.02 Å². The highest BCUT2D eigenvalue weighted by Crippen LogP contribution is 2.39. The number of carboxylic acid groups (broad SMARTS) is 1. The van der Waals surface area contributed by atoms with Crippen molar-refractivity contribution in [3.05, 3.63) is 62.4 Å². The summed E-state index contributed by atoms with van der Waals surface area (Å²) in [5.41, 5.74) is -3.00. The van der Waals surface area contributed by atoms with Crippen LogP contribution < -0.4 is 9.84 Å². The minimum atomic E-state index is -4.83. The minimum absolute atomic E-state index is 0.145. The molecule has 2 aromatic rings. The zero-order chi connectivity index (χ0) is 18.9. The van der Waals surface area contributed by atoms with E-state index in [-0.39, 0.29) is 6.07 Å². The van der Waals surface area contributed by atoms with Crippen LogP contribution in [0.15, 0.2) is 30.3 Å². The maximum atomic E-state index is 13.8. The number of nitrogens with zero attached hydrogens (tertiary/aromatic N) is 1. The molecule has 0 saturated carbocycles. The Hall–Kier alpha value is -2.88. The van der Waals surface area contributed by atoms with E-state index in [0.717, 1.165) is 12.1 Å². The van der Waals surface area contributed by atoms with Crippen LogP contribution >= 0.6 is 11.6 Å². The number of halogens is 5. The molecule has 11 heteroatoms. The van der Waals surface area contributed by atoms with Gasteiger partial charge in [-0.15, -0.1) is 0 Å². The molecule has 0 aliphatic rings. The Morgan fingerprint density at radius 1 is 1.20 bits per heavy atom. The lowest BCUT2D eigenvalue weighted by atomic mass is 10.1. The summed E-state index contributed by atoms with van der Waals surface area (Å²) in [5, 5.41) is 20.9. The largest absolute Gasteiger partial charge is 0.545 e. The second-order valence-electron chi connectivity index (χ2n) is 4.59. The standard InChI is InChI=1S/C14H6ClF4NO5/c15-9-3-6(14(17,18)19)4-10(16)12(9)25-7-1-2-11(20(23)24)8(5-7)13(21)22/h1-5H,(H,21,22)/p-1. The Kier molecular flexibility index (Phi) is 4.84. The highest BCUT2D eigenvalue weighted by atomic mass is 35.5. The van der Waals surface area contributed by atoms with E-state index < -0.39 is 56.2 Å². The third-order valence-corrected chi connectivity index (χ3v) is 3.21. The fourth-order valence-corrected chi connectivity index (χ4v) is 2.09. The molecule has 0 amide bonds. The first-order valence-electron chi connectivity index (χ1n) is 6.24. The van der Waals surface area contributed by atoms with Crippen LogP contribution in [-0.2, 0) is 6.18 Å². The first-order valence-corrected chi connectivity index (χ1v) is 6.62. The van der Waals surface area contributed by atoms with E-state index in [1.165, 1.54) is 0 Å². The Morgan fingerprint density at radius 2 is 1.84 bits per heavy atom. The normalized spacial score (nSPS) is 11.2. The number of rotatable bonds is 4. The topological polar surface area (TPSA) is 92.5 Å². The quantitative estimate of drug-likeness (QED) is 0.461. The summed E-state index contributed by atoms with van der Waals surface area (Å²) in [6.45, 7) is 0. The van der Waals surface area contributed by atoms with Gasteiger partial charge in [0.15, 0.2) is 11.6 Å². The minimum Gasteiger partial charge on any atom is -0.545 e. The smallest absolute Gasteiger partial charge is 0.416 e. The average Bonchev–Trinajstić information content (AvgIpc) is 2.49. The lowest BCUT2D eigenvalue weighted by Gasteiger charge is -2.13. The van der Waals surface area contributed by atoms with Gasteiger partial charge in [-0.1, -0.05) is 11.6 Å². The average molecular weight is 379 g/mol. The van der Waals surface area contributed by atoms with Crippen molar-refractivity contribution >= 4 is 23.3 Å². The zero-order valence-electron chi connectivity index (χ0n) is 11.8. The van der Waals surface area contributed by atoms with Crippen LogP contribution in [0, 0.1) is 15.9 Å². The third-order valence-electron chi connectivity index (χ3n) is 2.93. The highest BCUT2D eigenvalue weighted by Gasteiger charge is 2.32. The van der Waals surface area contributed by atoms with Crippen LogP contribution in [0.3, 0.4) is 0 Å². The zero-order valence-corrected chi connectivity index (χ0v) is 12.5.